The third kappa shape index (κ3) is 4.02. The minimum atomic E-state index is -0.466. The molecule has 0 saturated carbocycles. The summed E-state index contributed by atoms with van der Waals surface area (Å²) in [6.07, 6.45) is 1.45. The summed E-state index contributed by atoms with van der Waals surface area (Å²) in [5.41, 5.74) is 2.97. The van der Waals surface area contributed by atoms with Gasteiger partial charge < -0.3 is 4.42 Å². The van der Waals surface area contributed by atoms with Crippen LogP contribution < -0.4 is 4.90 Å². The highest BCUT2D eigenvalue weighted by Gasteiger charge is 2.34. The first-order chi connectivity index (χ1) is 14.8. The van der Waals surface area contributed by atoms with Crippen molar-refractivity contribution in [3.8, 4) is 11.3 Å². The van der Waals surface area contributed by atoms with Gasteiger partial charge in [0, 0.05) is 16.8 Å². The zero-order chi connectivity index (χ0) is 22.1. The van der Waals surface area contributed by atoms with Crippen LogP contribution in [0.15, 0.2) is 70.7 Å². The molecule has 3 aromatic rings. The summed E-state index contributed by atoms with van der Waals surface area (Å²) in [5.74, 6) is 0.176. The van der Waals surface area contributed by atoms with Crippen LogP contribution in [0.3, 0.4) is 0 Å². The molecule has 1 amide bonds. The van der Waals surface area contributed by atoms with Gasteiger partial charge >= 0.3 is 0 Å². The molecule has 1 fully saturated rings. The van der Waals surface area contributed by atoms with Crippen molar-refractivity contribution in [3.05, 3.63) is 83.1 Å². The monoisotopic (exact) mass is 429 g/mol. The minimum Gasteiger partial charge on any atom is -0.457 e. The molecule has 0 atom stereocenters. The molecule has 5 nitrogen and oxygen atoms in total. The fraction of sp³-hybridized carbons (Fsp3) is 0.120. The maximum atomic E-state index is 13.0. The lowest BCUT2D eigenvalue weighted by Crippen LogP contribution is -2.44. The van der Waals surface area contributed by atoms with Crippen LogP contribution in [-0.2, 0) is 9.59 Å². The quantitative estimate of drug-likeness (QED) is 0.248. The Bertz CT molecular complexity index is 1250. The van der Waals surface area contributed by atoms with Gasteiger partial charge in [0.15, 0.2) is 11.6 Å². The lowest BCUT2D eigenvalue weighted by Gasteiger charge is -2.28. The Morgan fingerprint density at radius 1 is 1.06 bits per heavy atom. The average molecular weight is 429 g/mol. The molecule has 2 aromatic carbocycles. The molecule has 0 bridgehead atoms. The summed E-state index contributed by atoms with van der Waals surface area (Å²) in [6.45, 7) is 3.40. The third-order valence-corrected chi connectivity index (χ3v) is 5.44. The Balaban J connectivity index is 1.66. The second kappa shape index (κ2) is 8.24. The highest BCUT2D eigenvalue weighted by molar-refractivity contribution is 7.80. The lowest BCUT2D eigenvalue weighted by molar-refractivity contribution is -0.120. The summed E-state index contributed by atoms with van der Waals surface area (Å²) in [5, 5.41) is 0. The van der Waals surface area contributed by atoms with E-state index in [9.17, 15) is 14.4 Å². The lowest BCUT2D eigenvalue weighted by atomic mass is 10.0. The molecular weight excluding hydrogens is 410 g/mol. The molecule has 2 heterocycles. The molecule has 4 rings (SSSR count). The molecule has 0 aliphatic carbocycles. The van der Waals surface area contributed by atoms with Gasteiger partial charge in [-0.25, -0.2) is 0 Å². The van der Waals surface area contributed by atoms with Crippen LogP contribution in [0.5, 0.6) is 0 Å². The average Bonchev–Trinajstić information content (AvgIpc) is 3.20. The summed E-state index contributed by atoms with van der Waals surface area (Å²) in [4.78, 5) is 38.9. The number of rotatable bonds is 4. The van der Waals surface area contributed by atoms with Gasteiger partial charge in [0.1, 0.15) is 11.5 Å². The minimum absolute atomic E-state index is 0.00382. The smallest absolute Gasteiger partial charge is 0.267 e. The molecule has 1 aromatic heterocycles. The van der Waals surface area contributed by atoms with Crippen molar-refractivity contribution in [3.63, 3.8) is 0 Å². The molecule has 6 heteroatoms. The van der Waals surface area contributed by atoms with Crippen molar-refractivity contribution >= 4 is 46.4 Å². The molecule has 1 aliphatic heterocycles. The predicted molar refractivity (Wildman–Crippen MR) is 123 cm³/mol. The number of amides is 1. The maximum absolute atomic E-state index is 13.0. The molecule has 1 saturated heterocycles. The molecule has 1 aliphatic rings. The number of aryl methyl sites for hydroxylation is 1. The molecule has 0 N–H and O–H groups in total. The van der Waals surface area contributed by atoms with E-state index in [1.165, 1.54) is 17.9 Å². The molecule has 0 radical (unpaired) electrons. The van der Waals surface area contributed by atoms with Gasteiger partial charge in [0.05, 0.1) is 17.0 Å². The largest absolute Gasteiger partial charge is 0.457 e. The number of Topliss-reactive ketones (excluding diaryl/α,β-unsaturated/α-hetero) is 2. The van der Waals surface area contributed by atoms with E-state index in [0.29, 0.717) is 22.8 Å². The first-order valence-electron chi connectivity index (χ1n) is 9.74. The Kier molecular flexibility index (Phi) is 5.48. The van der Waals surface area contributed by atoms with Crippen LogP contribution in [0, 0.1) is 6.92 Å². The van der Waals surface area contributed by atoms with E-state index in [1.54, 1.807) is 30.3 Å². The first-order valence-corrected chi connectivity index (χ1v) is 10.1. The molecule has 31 heavy (non-hydrogen) atoms. The number of thiocarbonyl (C=S) groups is 1. The third-order valence-electron chi connectivity index (χ3n) is 5.11. The number of para-hydroxylation sites is 1. The normalized spacial score (nSPS) is 15.6. The van der Waals surface area contributed by atoms with Crippen LogP contribution in [-0.4, -0.2) is 22.5 Å². The number of ketones is 2. The summed E-state index contributed by atoms with van der Waals surface area (Å²) in [7, 11) is 0. The van der Waals surface area contributed by atoms with E-state index in [-0.39, 0.29) is 28.5 Å². The highest BCUT2D eigenvalue weighted by atomic mass is 32.1. The van der Waals surface area contributed by atoms with Crippen LogP contribution in [0.2, 0.25) is 0 Å². The van der Waals surface area contributed by atoms with Gasteiger partial charge in [-0.3, -0.25) is 19.3 Å². The number of hydrogen-bond donors (Lipinski definition) is 0. The number of piperidine rings is 1. The number of carbonyl (C=O) groups is 3. The van der Waals surface area contributed by atoms with E-state index in [4.69, 9.17) is 16.6 Å². The van der Waals surface area contributed by atoms with Crippen molar-refractivity contribution in [2.24, 2.45) is 0 Å². The Labute approximate surface area is 185 Å². The van der Waals surface area contributed by atoms with Crippen LogP contribution in [0.25, 0.3) is 17.4 Å². The van der Waals surface area contributed by atoms with Crippen molar-refractivity contribution < 1.29 is 18.8 Å². The van der Waals surface area contributed by atoms with E-state index in [0.717, 1.165) is 11.1 Å². The fourth-order valence-corrected chi connectivity index (χ4v) is 3.90. The Hall–Kier alpha value is -3.64. The van der Waals surface area contributed by atoms with Gasteiger partial charge in [-0.1, -0.05) is 42.5 Å². The Morgan fingerprint density at radius 3 is 2.48 bits per heavy atom. The standard InChI is InChI=1S/C25H19NO4S/c1-15-12-17(8-10-20(15)16(2)27)23-11-9-19(30-23)13-21-22(28)14-24(31)26(25(21)29)18-6-4-3-5-7-18/h3-13H,14H2,1-2H3. The zero-order valence-corrected chi connectivity index (χ0v) is 17.9. The van der Waals surface area contributed by atoms with Gasteiger partial charge in [0.2, 0.25) is 0 Å². The van der Waals surface area contributed by atoms with Gasteiger partial charge in [-0.15, -0.1) is 0 Å². The number of furan rings is 1. The highest BCUT2D eigenvalue weighted by Crippen LogP contribution is 2.28. The number of anilines is 1. The molecule has 154 valence electrons. The number of nitrogens with zero attached hydrogens (tertiary/aromatic N) is 1. The first kappa shape index (κ1) is 20.6. The number of carbonyl (C=O) groups excluding carboxylic acids is 3. The van der Waals surface area contributed by atoms with Crippen molar-refractivity contribution in [1.29, 1.82) is 0 Å². The number of hydrogen-bond acceptors (Lipinski definition) is 5. The van der Waals surface area contributed by atoms with E-state index in [1.807, 2.05) is 37.3 Å². The van der Waals surface area contributed by atoms with E-state index < -0.39 is 5.91 Å². The molecular formula is C25H19NO4S. The van der Waals surface area contributed by atoms with Gasteiger partial charge in [-0.05, 0) is 55.8 Å². The zero-order valence-electron chi connectivity index (χ0n) is 17.0. The van der Waals surface area contributed by atoms with E-state index in [2.05, 4.69) is 0 Å². The summed E-state index contributed by atoms with van der Waals surface area (Å²) >= 11 is 5.30. The predicted octanol–water partition coefficient (Wildman–Crippen LogP) is 5.17. The molecule has 0 spiro atoms. The number of benzene rings is 2. The van der Waals surface area contributed by atoms with Crippen LogP contribution in [0.1, 0.15) is 35.0 Å². The molecule has 0 unspecified atom stereocenters. The van der Waals surface area contributed by atoms with Crippen molar-refractivity contribution in [2.45, 2.75) is 20.3 Å². The van der Waals surface area contributed by atoms with Crippen LogP contribution in [0.4, 0.5) is 5.69 Å². The van der Waals surface area contributed by atoms with Crippen molar-refractivity contribution in [1.82, 2.24) is 0 Å². The Morgan fingerprint density at radius 2 is 1.81 bits per heavy atom. The SMILES string of the molecule is CC(=O)c1ccc(-c2ccc(C=C3C(=O)CC(=S)N(c4ccccc4)C3=O)o2)cc1C. The maximum Gasteiger partial charge on any atom is 0.267 e. The topological polar surface area (TPSA) is 67.6 Å². The summed E-state index contributed by atoms with van der Waals surface area (Å²) in [6, 6.07) is 17.9. The van der Waals surface area contributed by atoms with Gasteiger partial charge in [-0.2, -0.15) is 0 Å². The van der Waals surface area contributed by atoms with Crippen molar-refractivity contribution in [2.75, 3.05) is 4.90 Å². The van der Waals surface area contributed by atoms with Crippen LogP contribution >= 0.6 is 12.2 Å². The van der Waals surface area contributed by atoms with Gasteiger partial charge in [0.25, 0.3) is 5.91 Å². The second-order valence-corrected chi connectivity index (χ2v) is 7.79. The summed E-state index contributed by atoms with van der Waals surface area (Å²) < 4.78 is 5.88. The van der Waals surface area contributed by atoms with E-state index >= 15 is 0 Å². The fourth-order valence-electron chi connectivity index (χ4n) is 3.58. The second-order valence-electron chi connectivity index (χ2n) is 7.32.